The lowest BCUT2D eigenvalue weighted by Crippen LogP contribution is -2.35. The molecular weight excluding hydrogens is 307 g/mol. The maximum atomic E-state index is 13.4. The van der Waals surface area contributed by atoms with E-state index in [0.717, 1.165) is 0 Å². The molecule has 0 bridgehead atoms. The van der Waals surface area contributed by atoms with Crippen molar-refractivity contribution in [1.29, 1.82) is 0 Å². The first kappa shape index (κ1) is 14.1. The number of amides is 1. The van der Waals surface area contributed by atoms with Crippen LogP contribution in [0.5, 0.6) is 0 Å². The molecule has 17 heavy (non-hydrogen) atoms. The molecule has 0 fully saturated rings. The lowest BCUT2D eigenvalue weighted by Gasteiger charge is -2.13. The normalized spacial score (nSPS) is 11.9. The summed E-state index contributed by atoms with van der Waals surface area (Å²) in [7, 11) is 0. The van der Waals surface area contributed by atoms with Gasteiger partial charge in [0.1, 0.15) is 5.82 Å². The number of rotatable bonds is 4. The van der Waals surface area contributed by atoms with E-state index in [1.807, 2.05) is 0 Å². The Balaban J connectivity index is 2.76. The molecule has 3 nitrogen and oxygen atoms in total. The summed E-state index contributed by atoms with van der Waals surface area (Å²) >= 11 is 7.92. The molecule has 1 amide bonds. The molecule has 0 heterocycles. The van der Waals surface area contributed by atoms with E-state index in [9.17, 15) is 9.18 Å². The van der Waals surface area contributed by atoms with Gasteiger partial charge >= 0.3 is 0 Å². The van der Waals surface area contributed by atoms with E-state index in [1.165, 1.54) is 18.2 Å². The maximum Gasteiger partial charge on any atom is 0.254 e. The third-order valence-electron chi connectivity index (χ3n) is 2.06. The minimum absolute atomic E-state index is 0.00540. The summed E-state index contributed by atoms with van der Waals surface area (Å²) < 4.78 is 14.0. The van der Waals surface area contributed by atoms with Crippen LogP contribution in [0.1, 0.15) is 23.7 Å². The largest absolute Gasteiger partial charge is 0.393 e. The zero-order valence-corrected chi connectivity index (χ0v) is 11.6. The Bertz CT molecular complexity index is 453. The van der Waals surface area contributed by atoms with E-state index in [0.29, 0.717) is 15.9 Å². The van der Waals surface area contributed by atoms with Gasteiger partial charge in [0.15, 0.2) is 0 Å². The van der Waals surface area contributed by atoms with E-state index >= 15 is 0 Å². The minimum Gasteiger partial charge on any atom is -0.393 e. The molecule has 0 saturated heterocycles. The van der Waals surface area contributed by atoms with Crippen molar-refractivity contribution in [2.45, 2.75) is 19.4 Å². The van der Waals surface area contributed by atoms with Gasteiger partial charge in [-0.2, -0.15) is 0 Å². The molecule has 0 aliphatic heterocycles. The lowest BCUT2D eigenvalue weighted by molar-refractivity contribution is 0.0937. The quantitative estimate of drug-likeness (QED) is 0.838. The molecule has 0 aliphatic rings. The summed E-state index contributed by atoms with van der Waals surface area (Å²) in [6.07, 6.45) is 0.386. The average Bonchev–Trinajstić information content (AvgIpc) is 2.20. The summed E-state index contributed by atoms with van der Waals surface area (Å²) in [6.45, 7) is 1.76. The Morgan fingerprint density at radius 1 is 1.65 bits per heavy atom. The fourth-order valence-electron chi connectivity index (χ4n) is 1.33. The number of carbonyl (C=O) groups is 1. The van der Waals surface area contributed by atoms with E-state index in [-0.39, 0.29) is 11.6 Å². The molecule has 1 aromatic carbocycles. The summed E-state index contributed by atoms with van der Waals surface area (Å²) in [6, 6.07) is 3.97. The number of nitrogens with two attached hydrogens (primary N) is 1. The van der Waals surface area contributed by atoms with E-state index in [1.54, 1.807) is 6.92 Å². The van der Waals surface area contributed by atoms with Crippen molar-refractivity contribution >= 4 is 39.0 Å². The molecule has 92 valence electrons. The van der Waals surface area contributed by atoms with E-state index < -0.39 is 11.7 Å². The van der Waals surface area contributed by atoms with Crippen LogP contribution >= 0.6 is 28.1 Å². The van der Waals surface area contributed by atoms with Crippen molar-refractivity contribution in [2.24, 2.45) is 5.73 Å². The van der Waals surface area contributed by atoms with Gasteiger partial charge in [0.05, 0.1) is 10.6 Å². The molecule has 3 N–H and O–H groups in total. The van der Waals surface area contributed by atoms with Crippen LogP contribution in [0.25, 0.3) is 0 Å². The third kappa shape index (κ3) is 4.40. The van der Waals surface area contributed by atoms with Crippen LogP contribution in [-0.2, 0) is 0 Å². The zero-order valence-electron chi connectivity index (χ0n) is 9.17. The molecule has 1 aromatic rings. The minimum atomic E-state index is -0.562. The van der Waals surface area contributed by atoms with Crippen molar-refractivity contribution in [3.05, 3.63) is 34.1 Å². The van der Waals surface area contributed by atoms with Crippen LogP contribution < -0.4 is 11.1 Å². The van der Waals surface area contributed by atoms with E-state index in [2.05, 4.69) is 21.2 Å². The second-order valence-electron chi connectivity index (χ2n) is 3.67. The molecule has 6 heteroatoms. The molecule has 0 spiro atoms. The highest BCUT2D eigenvalue weighted by atomic mass is 79.9. The molecule has 1 unspecified atom stereocenters. The highest BCUT2D eigenvalue weighted by molar-refractivity contribution is 9.10. The van der Waals surface area contributed by atoms with Gasteiger partial charge in [-0.1, -0.05) is 28.1 Å². The predicted octanol–water partition coefficient (Wildman–Crippen LogP) is 2.38. The number of carbonyl (C=O) groups excluding carboxylic acids is 1. The first-order valence-electron chi connectivity index (χ1n) is 4.94. The fourth-order valence-corrected chi connectivity index (χ4v) is 1.94. The highest BCUT2D eigenvalue weighted by Gasteiger charge is 2.14. The van der Waals surface area contributed by atoms with Crippen molar-refractivity contribution in [1.82, 2.24) is 5.32 Å². The van der Waals surface area contributed by atoms with Crippen LogP contribution in [0.3, 0.4) is 0 Å². The van der Waals surface area contributed by atoms with Crippen molar-refractivity contribution < 1.29 is 9.18 Å². The molecule has 1 atom stereocenters. The monoisotopic (exact) mass is 318 g/mol. The number of hydrogen-bond acceptors (Lipinski definition) is 2. The number of thiocarbonyl (C=S) groups is 1. The Labute approximate surface area is 113 Å². The summed E-state index contributed by atoms with van der Waals surface area (Å²) in [5.41, 5.74) is 5.35. The molecule has 0 saturated carbocycles. The van der Waals surface area contributed by atoms with Gasteiger partial charge in [0.2, 0.25) is 0 Å². The molecule has 0 radical (unpaired) electrons. The number of hydrogen-bond donors (Lipinski definition) is 2. The van der Waals surface area contributed by atoms with Gasteiger partial charge in [0.25, 0.3) is 5.91 Å². The molecule has 0 aliphatic carbocycles. The Hall–Kier alpha value is -1.01. The second-order valence-corrected chi connectivity index (χ2v) is 5.11. The Morgan fingerprint density at radius 2 is 2.29 bits per heavy atom. The number of halogens is 2. The fraction of sp³-hybridized carbons (Fsp3) is 0.273. The number of benzene rings is 1. The van der Waals surface area contributed by atoms with Gasteiger partial charge in [-0.25, -0.2) is 4.39 Å². The second kappa shape index (κ2) is 6.07. The SMILES string of the molecule is CC(CC(N)=S)NC(=O)c1cc(Br)ccc1F. The van der Waals surface area contributed by atoms with Gasteiger partial charge in [0, 0.05) is 16.9 Å². The van der Waals surface area contributed by atoms with Gasteiger partial charge < -0.3 is 11.1 Å². The first-order valence-corrected chi connectivity index (χ1v) is 6.14. The first-order chi connectivity index (χ1) is 7.90. The average molecular weight is 319 g/mol. The van der Waals surface area contributed by atoms with Crippen LogP contribution in [0.4, 0.5) is 4.39 Å². The van der Waals surface area contributed by atoms with E-state index in [4.69, 9.17) is 18.0 Å². The molecule has 1 rings (SSSR count). The highest BCUT2D eigenvalue weighted by Crippen LogP contribution is 2.15. The predicted molar refractivity (Wildman–Crippen MR) is 72.4 cm³/mol. The Kier molecular flexibility index (Phi) is 5.02. The van der Waals surface area contributed by atoms with Crippen molar-refractivity contribution in [2.75, 3.05) is 0 Å². The summed E-state index contributed by atoms with van der Waals surface area (Å²) in [5.74, 6) is -1.04. The summed E-state index contributed by atoms with van der Waals surface area (Å²) in [5, 5.41) is 2.63. The van der Waals surface area contributed by atoms with Gasteiger partial charge in [-0.15, -0.1) is 0 Å². The lowest BCUT2D eigenvalue weighted by atomic mass is 10.1. The van der Waals surface area contributed by atoms with Crippen LogP contribution in [-0.4, -0.2) is 16.9 Å². The summed E-state index contributed by atoms with van der Waals surface area (Å²) in [4.78, 5) is 12.1. The zero-order chi connectivity index (χ0) is 13.0. The standard InChI is InChI=1S/C11H12BrFN2OS/c1-6(4-10(14)17)15-11(16)8-5-7(12)2-3-9(8)13/h2-3,5-6H,4H2,1H3,(H2,14,17)(H,15,16). The van der Waals surface area contributed by atoms with Crippen molar-refractivity contribution in [3.8, 4) is 0 Å². The topological polar surface area (TPSA) is 55.1 Å². The maximum absolute atomic E-state index is 13.4. The number of nitrogens with one attached hydrogen (secondary N) is 1. The van der Waals surface area contributed by atoms with Crippen LogP contribution in [0.15, 0.2) is 22.7 Å². The third-order valence-corrected chi connectivity index (χ3v) is 2.72. The van der Waals surface area contributed by atoms with Crippen LogP contribution in [0.2, 0.25) is 0 Å². The molecule has 0 aromatic heterocycles. The van der Waals surface area contributed by atoms with Crippen LogP contribution in [0, 0.1) is 5.82 Å². The molecular formula is C11H12BrFN2OS. The Morgan fingerprint density at radius 3 is 2.88 bits per heavy atom. The van der Waals surface area contributed by atoms with Crippen molar-refractivity contribution in [3.63, 3.8) is 0 Å². The van der Waals surface area contributed by atoms with Gasteiger partial charge in [-0.05, 0) is 25.1 Å². The smallest absolute Gasteiger partial charge is 0.254 e. The van der Waals surface area contributed by atoms with Gasteiger partial charge in [-0.3, -0.25) is 4.79 Å².